The van der Waals surface area contributed by atoms with Gasteiger partial charge in [-0.3, -0.25) is 43.3 Å². The molecule has 18 heteroatoms. The minimum atomic E-state index is -1.33. The molecule has 57 heavy (non-hydrogen) atoms. The van der Waals surface area contributed by atoms with Gasteiger partial charge in [0, 0.05) is 40.7 Å². The van der Waals surface area contributed by atoms with Gasteiger partial charge in [0.25, 0.3) is 11.8 Å². The summed E-state index contributed by atoms with van der Waals surface area (Å²) in [6, 6.07) is 13.6. The number of esters is 5. The number of imide groups is 1. The third-order valence-corrected chi connectivity index (χ3v) is 7.65. The number of primary amides is 1. The first-order valence-electron chi connectivity index (χ1n) is 17.4. The molecule has 0 aliphatic carbocycles. The molecule has 3 aromatic rings. The van der Waals surface area contributed by atoms with Crippen LogP contribution in [0.25, 0.3) is 0 Å². The van der Waals surface area contributed by atoms with Crippen LogP contribution in [-0.2, 0) is 44.9 Å². The monoisotopic (exact) mass is 790 g/mol. The van der Waals surface area contributed by atoms with E-state index in [1.807, 2.05) is 0 Å². The fourth-order valence-corrected chi connectivity index (χ4v) is 5.17. The van der Waals surface area contributed by atoms with Crippen molar-refractivity contribution < 1.29 is 66.8 Å². The zero-order valence-electron chi connectivity index (χ0n) is 31.6. The summed E-state index contributed by atoms with van der Waals surface area (Å²) in [6.07, 6.45) is -0.803. The van der Waals surface area contributed by atoms with Crippen molar-refractivity contribution >= 4 is 53.5 Å². The molecule has 302 valence electrons. The SMILES string of the molecule is CC(=O)Oc1cccc(C(=O)N(CCC[C@@H](N)C(=O)N[C@@H](CCC(N)=O)C(=O)OCc2ccccc2)C(=O)c2cccc(OC(C)=O)c2OC(C)=O)c1OC(C)=O. The summed E-state index contributed by atoms with van der Waals surface area (Å²) in [5.41, 5.74) is 11.3. The van der Waals surface area contributed by atoms with Crippen LogP contribution in [0.4, 0.5) is 0 Å². The van der Waals surface area contributed by atoms with E-state index >= 15 is 0 Å². The molecule has 0 saturated heterocycles. The van der Waals surface area contributed by atoms with Gasteiger partial charge in [0.2, 0.25) is 11.8 Å². The highest BCUT2D eigenvalue weighted by Gasteiger charge is 2.33. The number of para-hydroxylation sites is 2. The van der Waals surface area contributed by atoms with E-state index < -0.39 is 94.7 Å². The van der Waals surface area contributed by atoms with E-state index in [4.69, 9.17) is 35.2 Å². The van der Waals surface area contributed by atoms with Gasteiger partial charge in [0.1, 0.15) is 12.6 Å². The Morgan fingerprint density at radius 2 is 1.14 bits per heavy atom. The lowest BCUT2D eigenvalue weighted by Gasteiger charge is -2.24. The van der Waals surface area contributed by atoms with Crippen molar-refractivity contribution in [1.82, 2.24) is 10.2 Å². The Morgan fingerprint density at radius 1 is 0.649 bits per heavy atom. The maximum atomic E-state index is 14.3. The molecule has 0 spiro atoms. The number of hydrogen-bond donors (Lipinski definition) is 3. The Hall–Kier alpha value is -6.95. The summed E-state index contributed by atoms with van der Waals surface area (Å²) in [6.45, 7) is 3.61. The van der Waals surface area contributed by atoms with E-state index in [1.54, 1.807) is 30.3 Å². The number of carbonyl (C=O) groups excluding carboxylic acids is 9. The molecule has 2 atom stereocenters. The lowest BCUT2D eigenvalue weighted by atomic mass is 10.1. The molecule has 0 bridgehead atoms. The molecule has 0 aliphatic rings. The maximum Gasteiger partial charge on any atom is 0.328 e. The minimum absolute atomic E-state index is 0.113. The summed E-state index contributed by atoms with van der Waals surface area (Å²) in [7, 11) is 0. The van der Waals surface area contributed by atoms with Crippen LogP contribution < -0.4 is 35.7 Å². The highest BCUT2D eigenvalue weighted by molar-refractivity contribution is 6.13. The second-order valence-electron chi connectivity index (χ2n) is 12.3. The van der Waals surface area contributed by atoms with Crippen molar-refractivity contribution in [3.8, 4) is 23.0 Å². The van der Waals surface area contributed by atoms with Gasteiger partial charge in [0.05, 0.1) is 17.2 Å². The number of ether oxygens (including phenoxy) is 5. The van der Waals surface area contributed by atoms with Crippen molar-refractivity contribution in [2.45, 2.75) is 72.1 Å². The van der Waals surface area contributed by atoms with E-state index in [0.717, 1.165) is 27.7 Å². The molecular weight excluding hydrogens is 748 g/mol. The van der Waals surface area contributed by atoms with E-state index in [9.17, 15) is 43.2 Å². The van der Waals surface area contributed by atoms with Gasteiger partial charge in [-0.25, -0.2) is 4.79 Å². The number of nitrogens with two attached hydrogens (primary N) is 2. The molecule has 0 heterocycles. The number of amides is 4. The molecule has 0 aliphatic heterocycles. The summed E-state index contributed by atoms with van der Waals surface area (Å²) < 4.78 is 26.1. The van der Waals surface area contributed by atoms with E-state index in [-0.39, 0.29) is 43.8 Å². The Morgan fingerprint density at radius 3 is 1.60 bits per heavy atom. The van der Waals surface area contributed by atoms with Crippen LogP contribution in [-0.4, -0.2) is 77.0 Å². The van der Waals surface area contributed by atoms with Crippen LogP contribution >= 0.6 is 0 Å². The van der Waals surface area contributed by atoms with Gasteiger partial charge < -0.3 is 40.5 Å². The van der Waals surface area contributed by atoms with E-state index in [0.29, 0.717) is 10.5 Å². The summed E-state index contributed by atoms with van der Waals surface area (Å²) in [4.78, 5) is 115. The Bertz CT molecular complexity index is 1930. The predicted molar refractivity (Wildman–Crippen MR) is 197 cm³/mol. The third-order valence-electron chi connectivity index (χ3n) is 7.65. The normalized spacial score (nSPS) is 11.5. The number of nitrogens with one attached hydrogen (secondary N) is 1. The minimum Gasteiger partial charge on any atom is -0.459 e. The molecule has 0 saturated carbocycles. The van der Waals surface area contributed by atoms with Crippen molar-refractivity contribution in [1.29, 1.82) is 0 Å². The van der Waals surface area contributed by atoms with Crippen LogP contribution in [0.5, 0.6) is 23.0 Å². The Labute approximate surface area is 326 Å². The molecule has 0 radical (unpaired) electrons. The highest BCUT2D eigenvalue weighted by Crippen LogP contribution is 2.36. The quantitative estimate of drug-likeness (QED) is 0.0948. The lowest BCUT2D eigenvalue weighted by molar-refractivity contribution is -0.149. The van der Waals surface area contributed by atoms with Crippen molar-refractivity contribution in [2.75, 3.05) is 6.54 Å². The fraction of sp³-hybridized carbons (Fsp3) is 0.308. The van der Waals surface area contributed by atoms with E-state index in [1.165, 1.54) is 36.4 Å². The number of nitrogens with zero attached hydrogens (tertiary/aromatic N) is 1. The summed E-state index contributed by atoms with van der Waals surface area (Å²) >= 11 is 0. The van der Waals surface area contributed by atoms with E-state index in [2.05, 4.69) is 5.32 Å². The third kappa shape index (κ3) is 13.7. The number of carbonyl (C=O) groups is 9. The van der Waals surface area contributed by atoms with Gasteiger partial charge in [-0.15, -0.1) is 0 Å². The molecule has 0 unspecified atom stereocenters. The van der Waals surface area contributed by atoms with Crippen LogP contribution in [0.1, 0.15) is 79.7 Å². The van der Waals surface area contributed by atoms with Gasteiger partial charge in [-0.05, 0) is 49.1 Å². The molecule has 0 aromatic heterocycles. The maximum absolute atomic E-state index is 14.3. The molecule has 5 N–H and O–H groups in total. The van der Waals surface area contributed by atoms with Crippen molar-refractivity contribution in [2.24, 2.45) is 11.5 Å². The molecule has 3 aromatic carbocycles. The summed E-state index contributed by atoms with van der Waals surface area (Å²) in [5, 5.41) is 2.46. The van der Waals surface area contributed by atoms with Gasteiger partial charge >= 0.3 is 29.8 Å². The standard InChI is InChI=1S/C39H42N4O14/c1-22(44)54-31-16-8-13-27(34(31)56-24(3)46)37(50)43(38(51)28-14-9-17-32(55-23(2)45)35(28)57-25(4)47)20-10-15-29(40)36(49)42-30(18-19-33(41)48)39(52)53-21-26-11-6-5-7-12-26/h5-9,11-14,16-17,29-30H,10,15,18-21,40H2,1-4H3,(H2,41,48)(H,42,49)/t29-,30+/m1/s1. The second kappa shape index (κ2) is 21.2. The fourth-order valence-electron chi connectivity index (χ4n) is 5.17. The number of rotatable bonds is 18. The topological polar surface area (TPSA) is 267 Å². The van der Waals surface area contributed by atoms with Crippen LogP contribution in [0.3, 0.4) is 0 Å². The predicted octanol–water partition coefficient (Wildman–Crippen LogP) is 2.27. The molecule has 3 rings (SSSR count). The molecular formula is C39H42N4O14. The van der Waals surface area contributed by atoms with Crippen LogP contribution in [0.15, 0.2) is 66.7 Å². The zero-order valence-corrected chi connectivity index (χ0v) is 31.6. The molecule has 0 fully saturated rings. The largest absolute Gasteiger partial charge is 0.459 e. The lowest BCUT2D eigenvalue weighted by Crippen LogP contribution is -2.49. The first-order chi connectivity index (χ1) is 27.0. The van der Waals surface area contributed by atoms with Gasteiger partial charge in [0.15, 0.2) is 23.0 Å². The Kier molecular flexibility index (Phi) is 16.5. The first kappa shape index (κ1) is 44.4. The highest BCUT2D eigenvalue weighted by atomic mass is 16.6. The molecule has 4 amide bonds. The van der Waals surface area contributed by atoms with Gasteiger partial charge in [-0.1, -0.05) is 42.5 Å². The zero-order chi connectivity index (χ0) is 42.2. The summed E-state index contributed by atoms with van der Waals surface area (Å²) in [5.74, 6) is -9.65. The average molecular weight is 791 g/mol. The van der Waals surface area contributed by atoms with Crippen molar-refractivity contribution in [3.05, 3.63) is 83.4 Å². The first-order valence-corrected chi connectivity index (χ1v) is 17.4. The smallest absolute Gasteiger partial charge is 0.328 e. The average Bonchev–Trinajstić information content (AvgIpc) is 3.14. The number of hydrogen-bond acceptors (Lipinski definition) is 15. The Balaban J connectivity index is 1.95. The molecule has 18 nitrogen and oxygen atoms in total. The second-order valence-corrected chi connectivity index (χ2v) is 12.3. The van der Waals surface area contributed by atoms with Crippen LogP contribution in [0, 0.1) is 0 Å². The van der Waals surface area contributed by atoms with Gasteiger partial charge in [-0.2, -0.15) is 0 Å². The van der Waals surface area contributed by atoms with Crippen molar-refractivity contribution in [3.63, 3.8) is 0 Å². The van der Waals surface area contributed by atoms with Crippen LogP contribution in [0.2, 0.25) is 0 Å². The number of benzene rings is 3.